The van der Waals surface area contributed by atoms with Gasteiger partial charge in [0.25, 0.3) is 11.8 Å². The van der Waals surface area contributed by atoms with Gasteiger partial charge in [0, 0.05) is 30.2 Å². The number of carbonyl (C=O) groups excluding carboxylic acids is 3. The smallest absolute Gasteiger partial charge is 0.322 e. The van der Waals surface area contributed by atoms with E-state index in [4.69, 9.17) is 9.84 Å². The first kappa shape index (κ1) is 24.4. The number of imide groups is 1. The van der Waals surface area contributed by atoms with Gasteiger partial charge in [-0.25, -0.2) is 4.79 Å². The van der Waals surface area contributed by atoms with Gasteiger partial charge in [-0.1, -0.05) is 30.3 Å². The van der Waals surface area contributed by atoms with Gasteiger partial charge in [-0.2, -0.15) is 5.10 Å². The van der Waals surface area contributed by atoms with Gasteiger partial charge in [0.1, 0.15) is 5.75 Å². The number of ether oxygens (including phenoxy) is 1. The molecule has 2 fully saturated rings. The predicted octanol–water partition coefficient (Wildman–Crippen LogP) is 4.12. The van der Waals surface area contributed by atoms with Gasteiger partial charge in [-0.15, -0.1) is 0 Å². The molecule has 2 N–H and O–H groups in total. The first-order chi connectivity index (χ1) is 19.3. The Bertz CT molecular complexity index is 1700. The minimum atomic E-state index is -1.40. The van der Waals surface area contributed by atoms with Crippen LogP contribution in [-0.2, 0) is 23.4 Å². The van der Waals surface area contributed by atoms with Crippen LogP contribution < -0.4 is 15.4 Å². The van der Waals surface area contributed by atoms with Gasteiger partial charge in [0.15, 0.2) is 5.54 Å². The summed E-state index contributed by atoms with van der Waals surface area (Å²) < 4.78 is 7.33. The lowest BCUT2D eigenvalue weighted by Gasteiger charge is -2.31. The summed E-state index contributed by atoms with van der Waals surface area (Å²) >= 11 is 0. The molecule has 0 spiro atoms. The standard InChI is InChI=1S/C31H29N5O4/c1-18-11-22(12-23-16-36(34-27(18)23)14-19-3-4-19)20-5-8-24(9-6-20)31(29(38)32-30(39)33-31)17-35-15-21-7-10-25(40-2)13-26(21)28(35)37/h5-13,16,19H,3-4,14-15,17H2,1-2H3,(H2,32,33,38,39)/t31-/m0/s1. The van der Waals surface area contributed by atoms with Crippen LogP contribution in [0.25, 0.3) is 22.0 Å². The fourth-order valence-corrected chi connectivity index (χ4v) is 5.91. The second-order valence-electron chi connectivity index (χ2n) is 11.1. The van der Waals surface area contributed by atoms with Crippen LogP contribution in [0.2, 0.25) is 0 Å². The maximum Gasteiger partial charge on any atom is 0.322 e. The number of aromatic nitrogens is 2. The molecule has 4 aromatic rings. The van der Waals surface area contributed by atoms with Crippen molar-refractivity contribution in [3.05, 3.63) is 83.0 Å². The average Bonchev–Trinajstić information content (AvgIpc) is 3.47. The lowest BCUT2D eigenvalue weighted by Crippen LogP contribution is -2.52. The largest absolute Gasteiger partial charge is 0.497 e. The van der Waals surface area contributed by atoms with Crippen molar-refractivity contribution in [3.63, 3.8) is 0 Å². The third kappa shape index (κ3) is 4.00. The van der Waals surface area contributed by atoms with Gasteiger partial charge in [-0.3, -0.25) is 19.6 Å². The zero-order valence-electron chi connectivity index (χ0n) is 22.4. The molecule has 3 heterocycles. The number of methoxy groups -OCH3 is 1. The van der Waals surface area contributed by atoms with Crippen molar-refractivity contribution < 1.29 is 19.1 Å². The van der Waals surface area contributed by atoms with E-state index < -0.39 is 17.5 Å². The monoisotopic (exact) mass is 535 g/mol. The Hall–Kier alpha value is -4.66. The minimum Gasteiger partial charge on any atom is -0.497 e. The Morgan fingerprint density at radius 2 is 1.82 bits per heavy atom. The van der Waals surface area contributed by atoms with Crippen LogP contribution in [-0.4, -0.2) is 46.2 Å². The highest BCUT2D eigenvalue weighted by Crippen LogP contribution is 2.35. The van der Waals surface area contributed by atoms with Crippen LogP contribution in [0.1, 0.15) is 39.9 Å². The molecule has 2 aliphatic heterocycles. The molecule has 0 radical (unpaired) electrons. The fraction of sp³-hybridized carbons (Fsp3) is 0.290. The van der Waals surface area contributed by atoms with Crippen molar-refractivity contribution in [1.82, 2.24) is 25.3 Å². The van der Waals surface area contributed by atoms with Gasteiger partial charge in [0.2, 0.25) is 0 Å². The summed E-state index contributed by atoms with van der Waals surface area (Å²) in [5, 5.41) is 11.1. The molecule has 9 heteroatoms. The van der Waals surface area contributed by atoms with Crippen LogP contribution >= 0.6 is 0 Å². The number of carbonyl (C=O) groups is 3. The number of urea groups is 1. The van der Waals surface area contributed by atoms with E-state index in [2.05, 4.69) is 40.6 Å². The number of hydrogen-bond acceptors (Lipinski definition) is 5. The molecule has 7 rings (SSSR count). The Labute approximate surface area is 231 Å². The summed E-state index contributed by atoms with van der Waals surface area (Å²) in [4.78, 5) is 40.5. The molecule has 1 saturated heterocycles. The zero-order chi connectivity index (χ0) is 27.6. The van der Waals surface area contributed by atoms with E-state index in [0.29, 0.717) is 23.4 Å². The van der Waals surface area contributed by atoms with E-state index in [9.17, 15) is 14.4 Å². The summed E-state index contributed by atoms with van der Waals surface area (Å²) in [6.45, 7) is 3.38. The molecule has 0 bridgehead atoms. The number of nitrogens with zero attached hydrogens (tertiary/aromatic N) is 3. The minimum absolute atomic E-state index is 0.00496. The topological polar surface area (TPSA) is 106 Å². The highest BCUT2D eigenvalue weighted by molar-refractivity contribution is 6.08. The molecular formula is C31H29N5O4. The highest BCUT2D eigenvalue weighted by atomic mass is 16.5. The predicted molar refractivity (Wildman–Crippen MR) is 149 cm³/mol. The van der Waals surface area contributed by atoms with Crippen molar-refractivity contribution in [3.8, 4) is 16.9 Å². The zero-order valence-corrected chi connectivity index (χ0v) is 22.4. The molecule has 0 unspecified atom stereocenters. The number of aryl methyl sites for hydroxylation is 1. The van der Waals surface area contributed by atoms with E-state index in [1.165, 1.54) is 12.8 Å². The van der Waals surface area contributed by atoms with Crippen molar-refractivity contribution in [2.75, 3.05) is 13.7 Å². The normalized spacial score (nSPS) is 20.1. The van der Waals surface area contributed by atoms with Gasteiger partial charge < -0.3 is 15.0 Å². The average molecular weight is 536 g/mol. The summed E-state index contributed by atoms with van der Waals surface area (Å²) in [5.41, 5.74) is 4.76. The Balaban J connectivity index is 1.19. The van der Waals surface area contributed by atoms with Crippen LogP contribution in [0.15, 0.2) is 60.8 Å². The molecule has 1 saturated carbocycles. The second-order valence-corrected chi connectivity index (χ2v) is 11.1. The number of rotatable bonds is 7. The van der Waals surface area contributed by atoms with Crippen molar-refractivity contribution >= 4 is 28.7 Å². The molecule has 4 amide bonds. The lowest BCUT2D eigenvalue weighted by molar-refractivity contribution is -0.124. The molecular weight excluding hydrogens is 506 g/mol. The van der Waals surface area contributed by atoms with Crippen LogP contribution in [0, 0.1) is 12.8 Å². The van der Waals surface area contributed by atoms with E-state index in [1.807, 2.05) is 36.4 Å². The first-order valence-corrected chi connectivity index (χ1v) is 13.5. The molecule has 9 nitrogen and oxygen atoms in total. The van der Waals surface area contributed by atoms with E-state index in [0.717, 1.165) is 45.6 Å². The SMILES string of the molecule is COc1ccc2c(c1)C(=O)N(C[C@@]1(c3ccc(-c4cc(C)c5nn(CC6CC6)cc5c4)cc3)NC(=O)NC1=O)C2. The van der Waals surface area contributed by atoms with Gasteiger partial charge >= 0.3 is 6.03 Å². The summed E-state index contributed by atoms with van der Waals surface area (Å²) in [5.74, 6) is 0.654. The Kier molecular flexibility index (Phi) is 5.45. The van der Waals surface area contributed by atoms with Gasteiger partial charge in [-0.05, 0) is 77.8 Å². The molecule has 40 heavy (non-hydrogen) atoms. The number of amides is 4. The molecule has 3 aromatic carbocycles. The fourth-order valence-electron chi connectivity index (χ4n) is 5.91. The third-order valence-corrected chi connectivity index (χ3v) is 8.27. The number of fused-ring (bicyclic) bond motifs is 2. The van der Waals surface area contributed by atoms with Crippen LogP contribution in [0.5, 0.6) is 5.75 Å². The third-order valence-electron chi connectivity index (χ3n) is 8.27. The van der Waals surface area contributed by atoms with Crippen molar-refractivity contribution in [2.45, 2.75) is 38.4 Å². The maximum absolute atomic E-state index is 13.3. The Morgan fingerprint density at radius 1 is 1.02 bits per heavy atom. The highest BCUT2D eigenvalue weighted by Gasteiger charge is 2.50. The molecule has 202 valence electrons. The quantitative estimate of drug-likeness (QED) is 0.347. The summed E-state index contributed by atoms with van der Waals surface area (Å²) in [7, 11) is 1.55. The first-order valence-electron chi connectivity index (χ1n) is 13.5. The lowest BCUT2D eigenvalue weighted by atomic mass is 9.87. The van der Waals surface area contributed by atoms with Crippen LogP contribution in [0.3, 0.4) is 0 Å². The van der Waals surface area contributed by atoms with Crippen LogP contribution in [0.4, 0.5) is 4.79 Å². The molecule has 3 aliphatic rings. The number of hydrogen-bond donors (Lipinski definition) is 2. The molecule has 1 atom stereocenters. The molecule has 1 aliphatic carbocycles. The molecule has 1 aromatic heterocycles. The second kappa shape index (κ2) is 8.94. The van der Waals surface area contributed by atoms with Gasteiger partial charge in [0.05, 0.1) is 19.2 Å². The van der Waals surface area contributed by atoms with E-state index >= 15 is 0 Å². The maximum atomic E-state index is 13.3. The van der Waals surface area contributed by atoms with Crippen molar-refractivity contribution in [1.29, 1.82) is 0 Å². The summed E-state index contributed by atoms with van der Waals surface area (Å²) in [6.07, 6.45) is 4.67. The number of nitrogens with one attached hydrogen (secondary N) is 2. The van der Waals surface area contributed by atoms with Crippen molar-refractivity contribution in [2.24, 2.45) is 5.92 Å². The van der Waals surface area contributed by atoms with E-state index in [-0.39, 0.29) is 12.5 Å². The number of benzene rings is 3. The Morgan fingerprint density at radius 3 is 2.52 bits per heavy atom. The summed E-state index contributed by atoms with van der Waals surface area (Å²) in [6, 6.07) is 16.7. The van der Waals surface area contributed by atoms with E-state index in [1.54, 1.807) is 18.1 Å².